The molecule has 1 aromatic heterocycles. The molecule has 172 valence electrons. The largest absolute Gasteiger partial charge is 0.480 e. The third-order valence-corrected chi connectivity index (χ3v) is 7.47. The van der Waals surface area contributed by atoms with Crippen molar-refractivity contribution in [2.75, 3.05) is 12.0 Å². The Hall–Kier alpha value is -2.33. The highest BCUT2D eigenvalue weighted by Gasteiger charge is 2.22. The summed E-state index contributed by atoms with van der Waals surface area (Å²) < 4.78 is 0.641. The van der Waals surface area contributed by atoms with Gasteiger partial charge in [0, 0.05) is 15.3 Å². The Morgan fingerprint density at radius 2 is 1.91 bits per heavy atom. The van der Waals surface area contributed by atoms with Crippen molar-refractivity contribution in [2.45, 2.75) is 23.9 Å². The van der Waals surface area contributed by atoms with Crippen LogP contribution in [0.15, 0.2) is 70.9 Å². The Morgan fingerprint density at radius 1 is 1.12 bits per heavy atom. The number of carbonyl (C=O) groups is 2. The summed E-state index contributed by atoms with van der Waals surface area (Å²) in [5.41, 5.74) is 2.03. The Morgan fingerprint density at radius 3 is 2.58 bits per heavy atom. The first-order valence-corrected chi connectivity index (χ1v) is 13.7. The molecule has 1 unspecified atom stereocenters. The van der Waals surface area contributed by atoms with Crippen molar-refractivity contribution in [1.82, 2.24) is 10.6 Å². The molecule has 3 aromatic rings. The molecule has 0 fully saturated rings. The molecule has 5 nitrogen and oxygen atoms in total. The zero-order valence-corrected chi connectivity index (χ0v) is 21.2. The second-order valence-corrected chi connectivity index (χ2v) is 10.8. The van der Waals surface area contributed by atoms with Gasteiger partial charge in [0.05, 0.1) is 6.54 Å². The van der Waals surface area contributed by atoms with Crippen LogP contribution in [-0.4, -0.2) is 39.4 Å². The van der Waals surface area contributed by atoms with E-state index in [1.807, 2.05) is 60.2 Å². The second kappa shape index (κ2) is 12.8. The number of carboxylic acids is 1. The van der Waals surface area contributed by atoms with E-state index < -0.39 is 17.9 Å². The predicted molar refractivity (Wildman–Crippen MR) is 143 cm³/mol. The number of benzene rings is 2. The minimum absolute atomic E-state index is 0.362. The molecule has 1 atom stereocenters. The van der Waals surface area contributed by atoms with Crippen LogP contribution < -0.4 is 10.6 Å². The van der Waals surface area contributed by atoms with Crippen molar-refractivity contribution in [2.24, 2.45) is 0 Å². The molecule has 3 rings (SSSR count). The molecule has 0 radical (unpaired) electrons. The van der Waals surface area contributed by atoms with E-state index in [1.54, 1.807) is 29.2 Å². The number of hydrogen-bond acceptors (Lipinski definition) is 6. The van der Waals surface area contributed by atoms with Gasteiger partial charge in [-0.2, -0.15) is 11.8 Å². The van der Waals surface area contributed by atoms with Gasteiger partial charge >= 0.3 is 5.97 Å². The van der Waals surface area contributed by atoms with Gasteiger partial charge in [-0.05, 0) is 59.2 Å². The first-order chi connectivity index (χ1) is 16.0. The van der Waals surface area contributed by atoms with E-state index in [0.29, 0.717) is 28.6 Å². The number of carboxylic acid groups (broad SMARTS) is 1. The maximum absolute atomic E-state index is 13.1. The molecule has 33 heavy (non-hydrogen) atoms. The molecule has 0 aliphatic carbocycles. The van der Waals surface area contributed by atoms with Crippen LogP contribution >= 0.6 is 47.1 Å². The van der Waals surface area contributed by atoms with E-state index in [0.717, 1.165) is 16.0 Å². The number of nitrogens with one attached hydrogen (secondary N) is 2. The van der Waals surface area contributed by atoms with E-state index in [4.69, 9.17) is 12.2 Å². The van der Waals surface area contributed by atoms with E-state index in [2.05, 4.69) is 16.7 Å². The normalized spacial score (nSPS) is 11.5. The molecule has 1 amide bonds. The van der Waals surface area contributed by atoms with Crippen molar-refractivity contribution in [3.8, 4) is 11.1 Å². The number of thiocarbonyl (C=S) groups is 1. The summed E-state index contributed by atoms with van der Waals surface area (Å²) >= 11 is 10.1. The molecule has 1 heterocycles. The van der Waals surface area contributed by atoms with Gasteiger partial charge in [-0.15, -0.1) is 11.3 Å². The molecular formula is C24H24N2O3S4. The standard InChI is InChI=1S/C24H24N2O3S4/c1-31-13-11-21(23(28)29)26-22(27)19-10-9-17(14-20(19)16-6-3-2-4-7-16)33-24(30)25-15-18-8-5-12-32-18/h2-10,12,14,21H,11,13,15H2,1H3,(H,25,30)(H,26,27)(H,28,29). The summed E-state index contributed by atoms with van der Waals surface area (Å²) in [4.78, 5) is 26.8. The molecule has 0 aliphatic rings. The fraction of sp³-hybridized carbons (Fsp3) is 0.208. The Kier molecular flexibility index (Phi) is 9.80. The van der Waals surface area contributed by atoms with Gasteiger partial charge in [0.2, 0.25) is 0 Å². The lowest BCUT2D eigenvalue weighted by Crippen LogP contribution is -2.41. The fourth-order valence-electron chi connectivity index (χ4n) is 3.09. The van der Waals surface area contributed by atoms with Gasteiger partial charge < -0.3 is 15.7 Å². The number of thiophene rings is 1. The highest BCUT2D eigenvalue weighted by molar-refractivity contribution is 8.23. The van der Waals surface area contributed by atoms with Crippen LogP contribution in [0.1, 0.15) is 21.7 Å². The Balaban J connectivity index is 1.80. The molecule has 0 aliphatic heterocycles. The van der Waals surface area contributed by atoms with Crippen molar-refractivity contribution < 1.29 is 14.7 Å². The van der Waals surface area contributed by atoms with Gasteiger partial charge in [-0.25, -0.2) is 4.79 Å². The van der Waals surface area contributed by atoms with Crippen LogP contribution in [-0.2, 0) is 11.3 Å². The van der Waals surface area contributed by atoms with Crippen LogP contribution in [0.3, 0.4) is 0 Å². The average Bonchev–Trinajstić information content (AvgIpc) is 3.34. The minimum Gasteiger partial charge on any atom is -0.480 e. The zero-order chi connectivity index (χ0) is 23.6. The van der Waals surface area contributed by atoms with Crippen molar-refractivity contribution in [3.05, 3.63) is 76.5 Å². The summed E-state index contributed by atoms with van der Waals surface area (Å²) in [7, 11) is 0. The summed E-state index contributed by atoms with van der Waals surface area (Å²) in [6, 6.07) is 18.2. The van der Waals surface area contributed by atoms with Gasteiger partial charge in [0.25, 0.3) is 5.91 Å². The summed E-state index contributed by atoms with van der Waals surface area (Å²) in [5.74, 6) is -0.792. The van der Waals surface area contributed by atoms with Crippen molar-refractivity contribution >= 4 is 63.3 Å². The van der Waals surface area contributed by atoms with Crippen molar-refractivity contribution in [3.63, 3.8) is 0 Å². The number of amides is 1. The van der Waals surface area contributed by atoms with E-state index in [1.165, 1.54) is 16.6 Å². The highest BCUT2D eigenvalue weighted by atomic mass is 32.2. The molecule has 9 heteroatoms. The first kappa shape index (κ1) is 25.3. The third-order valence-electron chi connectivity index (χ3n) is 4.73. The topological polar surface area (TPSA) is 78.4 Å². The Labute approximate surface area is 211 Å². The lowest BCUT2D eigenvalue weighted by atomic mass is 9.99. The fourth-order valence-corrected chi connectivity index (χ4v) is 5.23. The first-order valence-electron chi connectivity index (χ1n) is 10.2. The number of thioether (sulfide) groups is 2. The van der Waals surface area contributed by atoms with Crippen LogP contribution in [0.5, 0.6) is 0 Å². The van der Waals surface area contributed by atoms with Gasteiger partial charge in [0.15, 0.2) is 0 Å². The van der Waals surface area contributed by atoms with Crippen LogP contribution in [0.2, 0.25) is 0 Å². The SMILES string of the molecule is CSCCC(NC(=O)c1ccc(SC(=S)NCc2cccs2)cc1-c1ccccc1)C(=O)O. The maximum atomic E-state index is 13.1. The molecule has 0 saturated heterocycles. The summed E-state index contributed by atoms with van der Waals surface area (Å²) in [6.07, 6.45) is 2.27. The molecule has 3 N–H and O–H groups in total. The van der Waals surface area contributed by atoms with Crippen LogP contribution in [0.4, 0.5) is 0 Å². The number of hydrogen-bond donors (Lipinski definition) is 3. The van der Waals surface area contributed by atoms with Crippen LogP contribution in [0.25, 0.3) is 11.1 Å². The molecular weight excluding hydrogens is 493 g/mol. The highest BCUT2D eigenvalue weighted by Crippen LogP contribution is 2.30. The molecule has 0 bridgehead atoms. The lowest BCUT2D eigenvalue weighted by molar-refractivity contribution is -0.139. The second-order valence-electron chi connectivity index (χ2n) is 7.04. The summed E-state index contributed by atoms with van der Waals surface area (Å²) in [6.45, 7) is 0.669. The summed E-state index contributed by atoms with van der Waals surface area (Å²) in [5, 5.41) is 17.4. The zero-order valence-electron chi connectivity index (χ0n) is 17.9. The smallest absolute Gasteiger partial charge is 0.326 e. The van der Waals surface area contributed by atoms with E-state index in [9.17, 15) is 14.7 Å². The molecule has 0 saturated carbocycles. The van der Waals surface area contributed by atoms with E-state index >= 15 is 0 Å². The van der Waals surface area contributed by atoms with Crippen LogP contribution in [0, 0.1) is 0 Å². The van der Waals surface area contributed by atoms with Gasteiger partial charge in [-0.3, -0.25) is 4.79 Å². The van der Waals surface area contributed by atoms with Gasteiger partial charge in [-0.1, -0.05) is 60.4 Å². The van der Waals surface area contributed by atoms with E-state index in [-0.39, 0.29) is 0 Å². The Bertz CT molecular complexity index is 1090. The molecule has 2 aromatic carbocycles. The van der Waals surface area contributed by atoms with Gasteiger partial charge in [0.1, 0.15) is 10.4 Å². The third kappa shape index (κ3) is 7.60. The number of carbonyl (C=O) groups excluding carboxylic acids is 1. The quantitative estimate of drug-likeness (QED) is 0.242. The number of aliphatic carboxylic acids is 1. The minimum atomic E-state index is -1.03. The maximum Gasteiger partial charge on any atom is 0.326 e. The monoisotopic (exact) mass is 516 g/mol. The molecule has 0 spiro atoms. The number of rotatable bonds is 10. The van der Waals surface area contributed by atoms with Crippen molar-refractivity contribution in [1.29, 1.82) is 0 Å². The average molecular weight is 517 g/mol. The predicted octanol–water partition coefficient (Wildman–Crippen LogP) is 5.52. The lowest BCUT2D eigenvalue weighted by Gasteiger charge is -2.17.